The summed E-state index contributed by atoms with van der Waals surface area (Å²) in [4.78, 5) is 24.2. The van der Waals surface area contributed by atoms with Gasteiger partial charge in [0.05, 0.1) is 21.0 Å². The zero-order valence-electron chi connectivity index (χ0n) is 18.0. The number of benzene rings is 4. The zero-order chi connectivity index (χ0) is 23.5. The summed E-state index contributed by atoms with van der Waals surface area (Å²) in [5.41, 5.74) is 4.51. The predicted molar refractivity (Wildman–Crippen MR) is 131 cm³/mol. The Hall–Kier alpha value is -3.97. The molecule has 7 heteroatoms. The van der Waals surface area contributed by atoms with E-state index >= 15 is 0 Å². The fourth-order valence-electron chi connectivity index (χ4n) is 3.65. The summed E-state index contributed by atoms with van der Waals surface area (Å²) < 4.78 is 0. The molecular weight excluding hydrogens is 436 g/mol. The van der Waals surface area contributed by atoms with Crippen LogP contribution < -0.4 is 0 Å². The normalized spacial score (nSPS) is 10.7. The highest BCUT2D eigenvalue weighted by Gasteiger charge is 2.24. The van der Waals surface area contributed by atoms with Crippen molar-refractivity contribution in [3.8, 4) is 22.3 Å². The van der Waals surface area contributed by atoms with Crippen molar-refractivity contribution in [3.05, 3.63) is 116 Å². The van der Waals surface area contributed by atoms with Crippen molar-refractivity contribution in [2.75, 3.05) is 0 Å². The van der Waals surface area contributed by atoms with Crippen LogP contribution in [0.3, 0.4) is 0 Å². The second kappa shape index (κ2) is 9.26. The lowest BCUT2D eigenvalue weighted by Crippen LogP contribution is -1.96. The molecule has 0 radical (unpaired) electrons. The molecule has 0 amide bonds. The Bertz CT molecular complexity index is 1250. The number of rotatable bonds is 6. The average Bonchev–Trinajstić information content (AvgIpc) is 2.80. The van der Waals surface area contributed by atoms with E-state index in [9.17, 15) is 20.2 Å². The minimum Gasteiger partial charge on any atom is -0.258 e. The Morgan fingerprint density at radius 3 is 1.27 bits per heavy atom. The molecular formula is C26H20N2O4S. The number of hydrogen-bond acceptors (Lipinski definition) is 5. The van der Waals surface area contributed by atoms with Gasteiger partial charge in [-0.05, 0) is 37.1 Å². The van der Waals surface area contributed by atoms with Crippen LogP contribution in [0, 0.1) is 34.1 Å². The van der Waals surface area contributed by atoms with Gasteiger partial charge in [0, 0.05) is 21.9 Å². The summed E-state index contributed by atoms with van der Waals surface area (Å²) in [6.07, 6.45) is 0. The topological polar surface area (TPSA) is 86.3 Å². The second-order valence-corrected chi connectivity index (χ2v) is 8.73. The van der Waals surface area contributed by atoms with Crippen LogP contribution in [0.15, 0.2) is 94.7 Å². The standard InChI is InChI=1S/C26H20N2O4S/c1-17-9-13-19(14-10-17)25-21(27(29)30)5-3-7-23(25)33-24-8-4-6-22(28(31)32)26(24)20-15-11-18(2)12-16-20/h3-16H,1-2H3. The molecule has 0 aliphatic heterocycles. The van der Waals surface area contributed by atoms with Gasteiger partial charge in [-0.25, -0.2) is 0 Å². The van der Waals surface area contributed by atoms with Gasteiger partial charge in [-0.1, -0.05) is 83.6 Å². The minimum atomic E-state index is -0.395. The molecule has 0 bridgehead atoms. The van der Waals surface area contributed by atoms with E-state index in [0.717, 1.165) is 22.3 Å². The van der Waals surface area contributed by atoms with Crippen molar-refractivity contribution in [1.29, 1.82) is 0 Å². The molecule has 0 heterocycles. The Labute approximate surface area is 195 Å². The van der Waals surface area contributed by atoms with Crippen molar-refractivity contribution in [3.63, 3.8) is 0 Å². The number of nitrogens with zero attached hydrogens (tertiary/aromatic N) is 2. The highest BCUT2D eigenvalue weighted by atomic mass is 32.2. The van der Waals surface area contributed by atoms with Gasteiger partial charge in [-0.2, -0.15) is 0 Å². The van der Waals surface area contributed by atoms with E-state index in [1.54, 1.807) is 12.1 Å². The molecule has 0 spiro atoms. The van der Waals surface area contributed by atoms with Gasteiger partial charge in [-0.3, -0.25) is 20.2 Å². The third-order valence-electron chi connectivity index (χ3n) is 5.30. The van der Waals surface area contributed by atoms with E-state index in [-0.39, 0.29) is 11.4 Å². The molecule has 0 aliphatic carbocycles. The lowest BCUT2D eigenvalue weighted by molar-refractivity contribution is -0.384. The molecule has 0 aliphatic rings. The quantitative estimate of drug-likeness (QED) is 0.220. The molecule has 0 atom stereocenters. The molecule has 4 rings (SSSR count). The highest BCUT2D eigenvalue weighted by molar-refractivity contribution is 7.99. The van der Waals surface area contributed by atoms with Gasteiger partial charge >= 0.3 is 0 Å². The average molecular weight is 457 g/mol. The van der Waals surface area contributed by atoms with Crippen LogP contribution in [-0.4, -0.2) is 9.85 Å². The van der Waals surface area contributed by atoms with E-state index in [2.05, 4.69) is 0 Å². The Morgan fingerprint density at radius 2 is 0.939 bits per heavy atom. The molecule has 0 N–H and O–H groups in total. The van der Waals surface area contributed by atoms with Crippen LogP contribution in [0.25, 0.3) is 22.3 Å². The maximum absolute atomic E-state index is 11.8. The van der Waals surface area contributed by atoms with Crippen LogP contribution in [0.5, 0.6) is 0 Å². The van der Waals surface area contributed by atoms with Crippen LogP contribution >= 0.6 is 11.8 Å². The summed E-state index contributed by atoms with van der Waals surface area (Å²) in [5, 5.41) is 23.7. The maximum Gasteiger partial charge on any atom is 0.278 e. The van der Waals surface area contributed by atoms with Gasteiger partial charge in [0.15, 0.2) is 0 Å². The second-order valence-electron chi connectivity index (χ2n) is 7.65. The molecule has 6 nitrogen and oxygen atoms in total. The molecule has 0 aromatic heterocycles. The van der Waals surface area contributed by atoms with Gasteiger partial charge in [-0.15, -0.1) is 0 Å². The number of nitro groups is 2. The van der Waals surface area contributed by atoms with E-state index in [0.29, 0.717) is 20.9 Å². The van der Waals surface area contributed by atoms with Gasteiger partial charge in [0.2, 0.25) is 0 Å². The molecule has 4 aromatic rings. The Balaban J connectivity index is 1.92. The SMILES string of the molecule is Cc1ccc(-c2c(Sc3cccc([N+](=O)[O-])c3-c3ccc(C)cc3)cccc2[N+](=O)[O-])cc1. The van der Waals surface area contributed by atoms with E-state index in [1.807, 2.05) is 74.5 Å². The molecule has 0 fully saturated rings. The molecule has 0 saturated carbocycles. The number of aryl methyl sites for hydroxylation is 2. The van der Waals surface area contributed by atoms with Crippen molar-refractivity contribution in [2.45, 2.75) is 23.6 Å². The maximum atomic E-state index is 11.8. The Kier molecular flexibility index (Phi) is 6.24. The van der Waals surface area contributed by atoms with Crippen LogP contribution in [-0.2, 0) is 0 Å². The smallest absolute Gasteiger partial charge is 0.258 e. The van der Waals surface area contributed by atoms with Crippen molar-refractivity contribution >= 4 is 23.1 Å². The summed E-state index contributed by atoms with van der Waals surface area (Å²) in [6, 6.07) is 24.9. The van der Waals surface area contributed by atoms with E-state index in [4.69, 9.17) is 0 Å². The number of hydrogen-bond donors (Lipinski definition) is 0. The van der Waals surface area contributed by atoms with Crippen LogP contribution in [0.2, 0.25) is 0 Å². The fraction of sp³-hybridized carbons (Fsp3) is 0.0769. The summed E-state index contributed by atoms with van der Waals surface area (Å²) in [6.45, 7) is 3.91. The monoisotopic (exact) mass is 456 g/mol. The zero-order valence-corrected chi connectivity index (χ0v) is 18.8. The van der Waals surface area contributed by atoms with Crippen molar-refractivity contribution in [2.24, 2.45) is 0 Å². The third-order valence-corrected chi connectivity index (χ3v) is 6.42. The molecule has 33 heavy (non-hydrogen) atoms. The fourth-order valence-corrected chi connectivity index (χ4v) is 4.83. The highest BCUT2D eigenvalue weighted by Crippen LogP contribution is 2.46. The Morgan fingerprint density at radius 1 is 0.576 bits per heavy atom. The summed E-state index contributed by atoms with van der Waals surface area (Å²) >= 11 is 1.29. The molecule has 164 valence electrons. The molecule has 0 saturated heterocycles. The number of nitro benzene ring substituents is 2. The van der Waals surface area contributed by atoms with Gasteiger partial charge in [0.25, 0.3) is 11.4 Å². The van der Waals surface area contributed by atoms with E-state index < -0.39 is 9.85 Å². The summed E-state index contributed by atoms with van der Waals surface area (Å²) in [5.74, 6) is 0. The largest absolute Gasteiger partial charge is 0.278 e. The first-order valence-corrected chi connectivity index (χ1v) is 11.0. The van der Waals surface area contributed by atoms with Crippen molar-refractivity contribution in [1.82, 2.24) is 0 Å². The minimum absolute atomic E-state index is 0.00818. The first-order valence-electron chi connectivity index (χ1n) is 10.2. The van der Waals surface area contributed by atoms with Crippen LogP contribution in [0.1, 0.15) is 11.1 Å². The third kappa shape index (κ3) is 4.63. The van der Waals surface area contributed by atoms with Gasteiger partial charge < -0.3 is 0 Å². The predicted octanol–water partition coefficient (Wildman–Crippen LogP) is 7.61. The van der Waals surface area contributed by atoms with Crippen LogP contribution in [0.4, 0.5) is 11.4 Å². The molecule has 4 aromatic carbocycles. The lowest BCUT2D eigenvalue weighted by atomic mass is 10.0. The lowest BCUT2D eigenvalue weighted by Gasteiger charge is -2.14. The first kappa shape index (κ1) is 22.2. The van der Waals surface area contributed by atoms with E-state index in [1.165, 1.54) is 23.9 Å². The molecule has 0 unspecified atom stereocenters. The summed E-state index contributed by atoms with van der Waals surface area (Å²) in [7, 11) is 0. The van der Waals surface area contributed by atoms with Gasteiger partial charge in [0.1, 0.15) is 0 Å². The first-order chi connectivity index (χ1) is 15.8. The van der Waals surface area contributed by atoms with Crippen molar-refractivity contribution < 1.29 is 9.85 Å².